The highest BCUT2D eigenvalue weighted by atomic mass is 32.1. The van der Waals surface area contributed by atoms with Gasteiger partial charge in [-0.25, -0.2) is 4.98 Å². The van der Waals surface area contributed by atoms with E-state index >= 15 is 0 Å². The number of hydrogen-bond acceptors (Lipinski definition) is 4. The van der Waals surface area contributed by atoms with Gasteiger partial charge in [-0.3, -0.25) is 4.79 Å². The van der Waals surface area contributed by atoms with E-state index in [9.17, 15) is 4.79 Å². The second-order valence-electron chi connectivity index (χ2n) is 4.18. The van der Waals surface area contributed by atoms with E-state index in [-0.39, 0.29) is 11.8 Å². The van der Waals surface area contributed by atoms with E-state index in [1.807, 2.05) is 13.1 Å². The van der Waals surface area contributed by atoms with Gasteiger partial charge in [-0.05, 0) is 25.4 Å². The van der Waals surface area contributed by atoms with Crippen molar-refractivity contribution in [2.45, 2.75) is 20.3 Å². The number of anilines is 1. The summed E-state index contributed by atoms with van der Waals surface area (Å²) in [5.74, 6) is 0.629. The third kappa shape index (κ3) is 2.41. The van der Waals surface area contributed by atoms with Crippen LogP contribution < -0.4 is 10.6 Å². The predicted molar refractivity (Wildman–Crippen MR) is 65.6 cm³/mol. The molecule has 16 heavy (non-hydrogen) atoms. The first-order valence-electron chi connectivity index (χ1n) is 5.67. The van der Waals surface area contributed by atoms with E-state index in [1.54, 1.807) is 11.3 Å². The van der Waals surface area contributed by atoms with Crippen molar-refractivity contribution in [3.05, 3.63) is 11.1 Å². The molecule has 1 saturated heterocycles. The molecule has 5 heteroatoms. The van der Waals surface area contributed by atoms with Crippen molar-refractivity contribution in [3.8, 4) is 0 Å². The molecule has 1 aromatic heterocycles. The molecule has 0 radical (unpaired) electrons. The Balaban J connectivity index is 1.90. The summed E-state index contributed by atoms with van der Waals surface area (Å²) in [5, 5.41) is 6.79. The van der Waals surface area contributed by atoms with E-state index < -0.39 is 0 Å². The first kappa shape index (κ1) is 11.5. The van der Waals surface area contributed by atoms with Crippen molar-refractivity contribution in [1.82, 2.24) is 10.3 Å². The van der Waals surface area contributed by atoms with Gasteiger partial charge in [-0.2, -0.15) is 0 Å². The minimum absolute atomic E-state index is 0.0650. The molecule has 0 bridgehead atoms. The Bertz CT molecular complexity index is 373. The summed E-state index contributed by atoms with van der Waals surface area (Å²) in [6.45, 7) is 5.97. The number of thiazole rings is 1. The fourth-order valence-corrected chi connectivity index (χ4v) is 2.38. The zero-order valence-electron chi connectivity index (χ0n) is 9.62. The maximum Gasteiger partial charge on any atom is 0.229 e. The van der Waals surface area contributed by atoms with Gasteiger partial charge in [-0.15, -0.1) is 11.3 Å². The molecule has 4 nitrogen and oxygen atoms in total. The van der Waals surface area contributed by atoms with Gasteiger partial charge in [0, 0.05) is 17.0 Å². The molecule has 0 spiro atoms. The fourth-order valence-electron chi connectivity index (χ4n) is 1.63. The van der Waals surface area contributed by atoms with E-state index in [0.29, 0.717) is 5.92 Å². The molecule has 1 aromatic rings. The zero-order valence-corrected chi connectivity index (χ0v) is 10.4. The van der Waals surface area contributed by atoms with Crippen molar-refractivity contribution in [1.29, 1.82) is 0 Å². The van der Waals surface area contributed by atoms with E-state index in [0.717, 1.165) is 24.6 Å². The number of aromatic nitrogens is 1. The smallest absolute Gasteiger partial charge is 0.229 e. The molecule has 1 amide bonds. The standard InChI is InChI=1S/C11H17N3OS/c1-3-9-6-13-11(16-9)14-10(15)7(2)8-4-12-5-8/h6-8,12H,3-5H2,1-2H3,(H,13,14,15). The van der Waals surface area contributed by atoms with Crippen molar-refractivity contribution < 1.29 is 4.79 Å². The van der Waals surface area contributed by atoms with Crippen LogP contribution >= 0.6 is 11.3 Å². The summed E-state index contributed by atoms with van der Waals surface area (Å²) >= 11 is 1.56. The highest BCUT2D eigenvalue weighted by Crippen LogP contribution is 2.21. The zero-order chi connectivity index (χ0) is 11.5. The van der Waals surface area contributed by atoms with Crippen LogP contribution in [0.25, 0.3) is 0 Å². The number of rotatable bonds is 4. The van der Waals surface area contributed by atoms with Crippen LogP contribution in [0, 0.1) is 11.8 Å². The minimum Gasteiger partial charge on any atom is -0.316 e. The number of amides is 1. The molecule has 0 aliphatic carbocycles. The third-order valence-corrected chi connectivity index (χ3v) is 4.12. The molecule has 1 atom stereocenters. The molecule has 1 unspecified atom stereocenters. The number of aryl methyl sites for hydroxylation is 1. The molecule has 1 aliphatic heterocycles. The lowest BCUT2D eigenvalue weighted by Gasteiger charge is -2.31. The topological polar surface area (TPSA) is 54.0 Å². The minimum atomic E-state index is 0.0650. The van der Waals surface area contributed by atoms with Crippen LogP contribution in [0.1, 0.15) is 18.7 Å². The first-order valence-corrected chi connectivity index (χ1v) is 6.48. The molecule has 0 saturated carbocycles. The van der Waals surface area contributed by atoms with Gasteiger partial charge in [-0.1, -0.05) is 13.8 Å². The van der Waals surface area contributed by atoms with Crippen molar-refractivity contribution in [2.24, 2.45) is 11.8 Å². The molecule has 2 rings (SSSR count). The molecule has 1 fully saturated rings. The monoisotopic (exact) mass is 239 g/mol. The van der Waals surface area contributed by atoms with Gasteiger partial charge in [0.1, 0.15) is 0 Å². The Morgan fingerprint density at radius 3 is 3.00 bits per heavy atom. The Hall–Kier alpha value is -0.940. The van der Waals surface area contributed by atoms with Gasteiger partial charge in [0.2, 0.25) is 5.91 Å². The van der Waals surface area contributed by atoms with Crippen molar-refractivity contribution in [2.75, 3.05) is 18.4 Å². The average molecular weight is 239 g/mol. The maximum atomic E-state index is 11.9. The third-order valence-electron chi connectivity index (χ3n) is 3.07. The number of hydrogen-bond donors (Lipinski definition) is 2. The summed E-state index contributed by atoms with van der Waals surface area (Å²) in [7, 11) is 0. The van der Waals surface area contributed by atoms with Crippen LogP contribution in [-0.2, 0) is 11.2 Å². The van der Waals surface area contributed by atoms with Crippen LogP contribution in [0.5, 0.6) is 0 Å². The summed E-state index contributed by atoms with van der Waals surface area (Å²) in [4.78, 5) is 17.3. The maximum absolute atomic E-state index is 11.9. The average Bonchev–Trinajstić information content (AvgIpc) is 2.62. The van der Waals surface area contributed by atoms with Gasteiger partial charge in [0.05, 0.1) is 0 Å². The lowest BCUT2D eigenvalue weighted by atomic mass is 9.88. The fraction of sp³-hybridized carbons (Fsp3) is 0.636. The van der Waals surface area contributed by atoms with Gasteiger partial charge in [0.15, 0.2) is 5.13 Å². The second kappa shape index (κ2) is 4.93. The Kier molecular flexibility index (Phi) is 3.56. The SMILES string of the molecule is CCc1cnc(NC(=O)C(C)C2CNC2)s1. The first-order chi connectivity index (χ1) is 7.70. The van der Waals surface area contributed by atoms with Crippen LogP contribution in [0.15, 0.2) is 6.20 Å². The second-order valence-corrected chi connectivity index (χ2v) is 5.30. The van der Waals surface area contributed by atoms with Crippen LogP contribution in [0.3, 0.4) is 0 Å². The van der Waals surface area contributed by atoms with E-state index in [2.05, 4.69) is 22.5 Å². The number of nitrogens with one attached hydrogen (secondary N) is 2. The van der Waals surface area contributed by atoms with Gasteiger partial charge in [0.25, 0.3) is 0 Å². The molecular formula is C11H17N3OS. The largest absolute Gasteiger partial charge is 0.316 e. The quantitative estimate of drug-likeness (QED) is 0.837. The number of nitrogens with zero attached hydrogens (tertiary/aromatic N) is 1. The Morgan fingerprint density at radius 1 is 1.75 bits per heavy atom. The lowest BCUT2D eigenvalue weighted by molar-refractivity contribution is -0.121. The van der Waals surface area contributed by atoms with Crippen LogP contribution in [0.2, 0.25) is 0 Å². The summed E-state index contributed by atoms with van der Waals surface area (Å²) in [5.41, 5.74) is 0. The van der Waals surface area contributed by atoms with Crippen LogP contribution in [0.4, 0.5) is 5.13 Å². The Morgan fingerprint density at radius 2 is 2.50 bits per heavy atom. The summed E-state index contributed by atoms with van der Waals surface area (Å²) in [6, 6.07) is 0. The van der Waals surface area contributed by atoms with E-state index in [1.165, 1.54) is 4.88 Å². The van der Waals surface area contributed by atoms with Gasteiger partial charge < -0.3 is 10.6 Å². The molecule has 88 valence electrons. The van der Waals surface area contributed by atoms with Gasteiger partial charge >= 0.3 is 0 Å². The van der Waals surface area contributed by atoms with E-state index in [4.69, 9.17) is 0 Å². The normalized spacial score (nSPS) is 17.9. The molecule has 0 aromatic carbocycles. The molecule has 2 heterocycles. The summed E-state index contributed by atoms with van der Waals surface area (Å²) < 4.78 is 0. The van der Waals surface area contributed by atoms with Crippen LogP contribution in [-0.4, -0.2) is 24.0 Å². The van der Waals surface area contributed by atoms with Crippen molar-refractivity contribution in [3.63, 3.8) is 0 Å². The predicted octanol–water partition coefficient (Wildman–Crippen LogP) is 1.50. The van der Waals surface area contributed by atoms with Crippen molar-refractivity contribution >= 4 is 22.4 Å². The number of carbonyl (C=O) groups excluding carboxylic acids is 1. The molecule has 1 aliphatic rings. The highest BCUT2D eigenvalue weighted by molar-refractivity contribution is 7.15. The lowest BCUT2D eigenvalue weighted by Crippen LogP contribution is -2.48. The molecule has 2 N–H and O–H groups in total. The summed E-state index contributed by atoms with van der Waals surface area (Å²) in [6.07, 6.45) is 2.80. The highest BCUT2D eigenvalue weighted by Gasteiger charge is 2.28. The Labute approximate surface area is 99.5 Å². The molecular weight excluding hydrogens is 222 g/mol. The number of carbonyl (C=O) groups is 1.